The van der Waals surface area contributed by atoms with Gasteiger partial charge in [0, 0.05) is 30.9 Å². The summed E-state index contributed by atoms with van der Waals surface area (Å²) in [6.45, 7) is 5.79. The van der Waals surface area contributed by atoms with Gasteiger partial charge in [-0.1, -0.05) is 18.2 Å². The number of hydrogen-bond donors (Lipinski definition) is 6. The molecule has 4 unspecified atom stereocenters. The predicted octanol–water partition coefficient (Wildman–Crippen LogP) is 1.18. The number of carbonyl (C=O) groups is 2. The number of amides is 2. The Kier molecular flexibility index (Phi) is 10.8. The van der Waals surface area contributed by atoms with E-state index in [0.717, 1.165) is 37.2 Å². The van der Waals surface area contributed by atoms with Crippen LogP contribution in [0.1, 0.15) is 56.2 Å². The largest absolute Gasteiger partial charge is 0.492 e. The molecule has 1 saturated heterocycles. The van der Waals surface area contributed by atoms with Crippen molar-refractivity contribution in [2.45, 2.75) is 81.9 Å². The van der Waals surface area contributed by atoms with Crippen LogP contribution in [0.2, 0.25) is 0 Å². The van der Waals surface area contributed by atoms with Gasteiger partial charge in [0.05, 0.1) is 17.2 Å². The summed E-state index contributed by atoms with van der Waals surface area (Å²) in [4.78, 5) is 28.7. The molecule has 0 aliphatic carbocycles. The smallest absolute Gasteiger partial charge is 0.423 e. The zero-order chi connectivity index (χ0) is 32.2. The second-order valence-corrected chi connectivity index (χ2v) is 12.3. The topological polar surface area (TPSA) is 169 Å². The van der Waals surface area contributed by atoms with E-state index < -0.39 is 48.4 Å². The molecule has 2 aliphatic rings. The van der Waals surface area contributed by atoms with Crippen LogP contribution in [-0.4, -0.2) is 72.7 Å². The number of halogens is 3. The molecule has 10 nitrogen and oxygen atoms in total. The molecule has 2 heterocycles. The molecule has 240 valence electrons. The quantitative estimate of drug-likeness (QED) is 0.204. The van der Waals surface area contributed by atoms with Gasteiger partial charge < -0.3 is 42.4 Å². The van der Waals surface area contributed by atoms with Crippen LogP contribution >= 0.6 is 0 Å². The van der Waals surface area contributed by atoms with Crippen LogP contribution in [0, 0.1) is 0 Å². The Morgan fingerprint density at radius 1 is 1.09 bits per heavy atom. The van der Waals surface area contributed by atoms with Crippen LogP contribution in [0.25, 0.3) is 0 Å². The Bertz CT molecular complexity index is 1300. The highest BCUT2D eigenvalue weighted by atomic mass is 19.4. The fourth-order valence-corrected chi connectivity index (χ4v) is 5.87. The third-order valence-electron chi connectivity index (χ3n) is 8.19. The van der Waals surface area contributed by atoms with Crippen LogP contribution in [0.4, 0.5) is 18.9 Å². The van der Waals surface area contributed by atoms with Crippen molar-refractivity contribution in [1.82, 2.24) is 10.2 Å². The number of piperidine rings is 1. The highest BCUT2D eigenvalue weighted by Crippen LogP contribution is 2.31. The van der Waals surface area contributed by atoms with E-state index in [1.54, 1.807) is 18.2 Å². The fourth-order valence-electron chi connectivity index (χ4n) is 5.87. The van der Waals surface area contributed by atoms with Crippen molar-refractivity contribution in [3.05, 3.63) is 59.2 Å². The van der Waals surface area contributed by atoms with Gasteiger partial charge in [0.2, 0.25) is 11.8 Å². The molecule has 0 aromatic heterocycles. The average molecular weight is 619 g/mol. The van der Waals surface area contributed by atoms with E-state index in [-0.39, 0.29) is 24.9 Å². The van der Waals surface area contributed by atoms with E-state index in [9.17, 15) is 27.8 Å². The Balaban J connectivity index is 1.41. The number of carbonyl (C=O) groups excluding carboxylic acids is 2. The fraction of sp³-hybridized carbons (Fsp3) is 0.533. The lowest BCUT2D eigenvalue weighted by molar-refractivity contribution is -0.137. The molecule has 1 fully saturated rings. The second-order valence-electron chi connectivity index (χ2n) is 12.3. The number of nitrogens with one attached hydrogen (secondary N) is 2. The number of likely N-dealkylation sites (tertiary alicyclic amines) is 1. The van der Waals surface area contributed by atoms with Crippen molar-refractivity contribution in [1.29, 1.82) is 0 Å². The summed E-state index contributed by atoms with van der Waals surface area (Å²) in [6, 6.07) is 7.85. The Labute approximate surface area is 256 Å². The average Bonchev–Trinajstić information content (AvgIpc) is 3.17. The molecular formula is C30H42BF3N6O4. The SMILES string of the molecule is CC1(C)OB(O)c2cc(NC(=O)C(CCc3ccc(C(F)(F)F)cc3)NC(=O)C(N)CCCN3CC(N)CC(N)C3)ccc21. The van der Waals surface area contributed by atoms with E-state index in [2.05, 4.69) is 15.5 Å². The molecule has 2 aliphatic heterocycles. The first-order chi connectivity index (χ1) is 20.6. The molecule has 0 spiro atoms. The first-order valence-electron chi connectivity index (χ1n) is 14.9. The van der Waals surface area contributed by atoms with Crippen molar-refractivity contribution in [2.24, 2.45) is 17.2 Å². The number of nitrogens with zero attached hydrogens (tertiary/aromatic N) is 1. The molecule has 44 heavy (non-hydrogen) atoms. The molecular weight excluding hydrogens is 576 g/mol. The van der Waals surface area contributed by atoms with Crippen LogP contribution in [0.5, 0.6) is 0 Å². The zero-order valence-corrected chi connectivity index (χ0v) is 25.1. The lowest BCUT2D eigenvalue weighted by Crippen LogP contribution is -2.52. The van der Waals surface area contributed by atoms with Crippen molar-refractivity contribution in [3.63, 3.8) is 0 Å². The number of hydrogen-bond acceptors (Lipinski definition) is 8. The summed E-state index contributed by atoms with van der Waals surface area (Å²) in [5, 5.41) is 15.9. The third-order valence-corrected chi connectivity index (χ3v) is 8.19. The third kappa shape index (κ3) is 8.80. The van der Waals surface area contributed by atoms with Gasteiger partial charge in [0.15, 0.2) is 0 Å². The van der Waals surface area contributed by atoms with Crippen molar-refractivity contribution >= 4 is 30.1 Å². The lowest BCUT2D eigenvalue weighted by Gasteiger charge is -2.34. The van der Waals surface area contributed by atoms with Crippen LogP contribution in [0.3, 0.4) is 0 Å². The minimum absolute atomic E-state index is 0.00705. The van der Waals surface area contributed by atoms with E-state index in [4.69, 9.17) is 21.9 Å². The van der Waals surface area contributed by atoms with Gasteiger partial charge in [-0.3, -0.25) is 9.59 Å². The summed E-state index contributed by atoms with van der Waals surface area (Å²) >= 11 is 0. The Morgan fingerprint density at radius 3 is 2.39 bits per heavy atom. The van der Waals surface area contributed by atoms with Gasteiger partial charge in [-0.2, -0.15) is 13.2 Å². The molecule has 4 atom stereocenters. The van der Waals surface area contributed by atoms with E-state index >= 15 is 0 Å². The van der Waals surface area contributed by atoms with Gasteiger partial charge in [0.25, 0.3) is 0 Å². The number of alkyl halides is 3. The number of fused-ring (bicyclic) bond motifs is 1. The highest BCUT2D eigenvalue weighted by molar-refractivity contribution is 6.62. The Morgan fingerprint density at radius 2 is 1.75 bits per heavy atom. The molecule has 4 rings (SSSR count). The monoisotopic (exact) mass is 618 g/mol. The van der Waals surface area contributed by atoms with E-state index in [1.165, 1.54) is 12.1 Å². The number of anilines is 1. The summed E-state index contributed by atoms with van der Waals surface area (Å²) in [5.74, 6) is -1.04. The van der Waals surface area contributed by atoms with E-state index in [0.29, 0.717) is 36.1 Å². The van der Waals surface area contributed by atoms with Crippen LogP contribution in [-0.2, 0) is 32.4 Å². The molecule has 0 bridgehead atoms. The maximum Gasteiger partial charge on any atom is 0.492 e. The number of rotatable bonds is 11. The summed E-state index contributed by atoms with van der Waals surface area (Å²) in [7, 11) is -1.15. The standard InChI is InChI=1S/C30H42BF3N6O4/c1-29(2)23-11-10-22(15-24(23)31(43)44-29)38-28(42)26(12-7-18-5-8-19(9-6-18)30(32,33)34)39-27(41)25(37)4-3-13-40-16-20(35)14-21(36)17-40/h5-6,8-11,15,20-21,25-26,43H,3-4,7,12-14,16-17,35-37H2,1-2H3,(H,38,42)(H,39,41). The van der Waals surface area contributed by atoms with Gasteiger partial charge in [-0.15, -0.1) is 0 Å². The van der Waals surface area contributed by atoms with Crippen LogP contribution < -0.4 is 33.3 Å². The summed E-state index contributed by atoms with van der Waals surface area (Å²) < 4.78 is 44.6. The molecule has 2 aromatic carbocycles. The van der Waals surface area contributed by atoms with Gasteiger partial charge in [0.1, 0.15) is 6.04 Å². The van der Waals surface area contributed by atoms with Crippen molar-refractivity contribution < 1.29 is 32.4 Å². The maximum atomic E-state index is 13.4. The first kappa shape index (κ1) is 33.9. The van der Waals surface area contributed by atoms with Crippen molar-refractivity contribution in [3.8, 4) is 0 Å². The number of nitrogens with two attached hydrogens (primary N) is 3. The molecule has 0 saturated carbocycles. The molecule has 0 radical (unpaired) electrons. The minimum Gasteiger partial charge on any atom is -0.423 e. The number of aryl methyl sites for hydroxylation is 1. The van der Waals surface area contributed by atoms with E-state index in [1.807, 2.05) is 13.8 Å². The summed E-state index contributed by atoms with van der Waals surface area (Å²) in [6.07, 6.45) is -2.34. The zero-order valence-electron chi connectivity index (χ0n) is 25.1. The normalized spacial score (nSPS) is 21.4. The molecule has 14 heteroatoms. The molecule has 9 N–H and O–H groups in total. The second kappa shape index (κ2) is 14.0. The first-order valence-corrected chi connectivity index (χ1v) is 14.9. The predicted molar refractivity (Wildman–Crippen MR) is 163 cm³/mol. The van der Waals surface area contributed by atoms with Crippen LogP contribution in [0.15, 0.2) is 42.5 Å². The highest BCUT2D eigenvalue weighted by Gasteiger charge is 2.40. The summed E-state index contributed by atoms with van der Waals surface area (Å²) in [5.41, 5.74) is 19.1. The van der Waals surface area contributed by atoms with Crippen molar-refractivity contribution in [2.75, 3.05) is 25.0 Å². The molecule has 2 amide bonds. The minimum atomic E-state index is -4.46. The number of benzene rings is 2. The Hall–Kier alpha value is -3.01. The lowest BCUT2D eigenvalue weighted by atomic mass is 9.78. The van der Waals surface area contributed by atoms with Gasteiger partial charge in [-0.25, -0.2) is 0 Å². The van der Waals surface area contributed by atoms with Gasteiger partial charge >= 0.3 is 13.3 Å². The molecule has 2 aromatic rings. The maximum absolute atomic E-state index is 13.4. The van der Waals surface area contributed by atoms with Gasteiger partial charge in [-0.05, 0) is 93.4 Å².